The molecular formula is C16H17N3O4S2. The van der Waals surface area contributed by atoms with Crippen LogP contribution in [0.5, 0.6) is 5.88 Å². The number of aromatic nitrogens is 2. The Morgan fingerprint density at radius 3 is 2.72 bits per heavy atom. The molecule has 7 nitrogen and oxygen atoms in total. The zero-order valence-corrected chi connectivity index (χ0v) is 15.1. The van der Waals surface area contributed by atoms with Crippen molar-refractivity contribution in [1.29, 1.82) is 0 Å². The molecule has 3 aromatic rings. The van der Waals surface area contributed by atoms with Gasteiger partial charge in [0.25, 0.3) is 0 Å². The van der Waals surface area contributed by atoms with Crippen LogP contribution < -0.4 is 9.46 Å². The molecule has 3 rings (SSSR count). The highest BCUT2D eigenvalue weighted by Gasteiger charge is 2.16. The van der Waals surface area contributed by atoms with Gasteiger partial charge in [-0.2, -0.15) is 0 Å². The number of furan rings is 1. The number of aryl methyl sites for hydroxylation is 1. The smallest absolute Gasteiger partial charge is 0.250 e. The standard InChI is InChI=1S/C16H17N3O4S2/c1-2-12-5-8-16(24-12)25(20,21)17-9-11-23-15-7-6-13(18-19-15)14-4-3-10-22-14/h3-8,10,17H,2,9,11H2,1H3. The van der Waals surface area contributed by atoms with Crippen molar-refractivity contribution in [3.63, 3.8) is 0 Å². The molecule has 3 heterocycles. The monoisotopic (exact) mass is 379 g/mol. The van der Waals surface area contributed by atoms with Crippen molar-refractivity contribution in [1.82, 2.24) is 14.9 Å². The fraction of sp³-hybridized carbons (Fsp3) is 0.250. The van der Waals surface area contributed by atoms with Crippen LogP contribution in [-0.2, 0) is 16.4 Å². The quantitative estimate of drug-likeness (QED) is 0.605. The molecule has 0 bridgehead atoms. The van der Waals surface area contributed by atoms with Crippen LogP contribution >= 0.6 is 11.3 Å². The van der Waals surface area contributed by atoms with Gasteiger partial charge in [0.15, 0.2) is 5.76 Å². The van der Waals surface area contributed by atoms with Crippen molar-refractivity contribution in [3.8, 4) is 17.3 Å². The van der Waals surface area contributed by atoms with Crippen LogP contribution in [0.4, 0.5) is 0 Å². The molecule has 0 aliphatic heterocycles. The van der Waals surface area contributed by atoms with Crippen LogP contribution in [0.25, 0.3) is 11.5 Å². The van der Waals surface area contributed by atoms with E-state index >= 15 is 0 Å². The summed E-state index contributed by atoms with van der Waals surface area (Å²) < 4.78 is 37.8. The first kappa shape index (κ1) is 17.6. The Kier molecular flexibility index (Phi) is 5.47. The molecule has 0 spiro atoms. The van der Waals surface area contributed by atoms with E-state index in [1.54, 1.807) is 36.6 Å². The van der Waals surface area contributed by atoms with Gasteiger partial charge in [0.1, 0.15) is 16.5 Å². The molecule has 0 aliphatic carbocycles. The molecule has 0 amide bonds. The summed E-state index contributed by atoms with van der Waals surface area (Å²) >= 11 is 1.27. The third-order valence-electron chi connectivity index (χ3n) is 3.31. The Labute approximate surface area is 149 Å². The van der Waals surface area contributed by atoms with Gasteiger partial charge < -0.3 is 9.15 Å². The van der Waals surface area contributed by atoms with E-state index < -0.39 is 10.0 Å². The molecule has 0 unspecified atom stereocenters. The van der Waals surface area contributed by atoms with E-state index in [1.807, 2.05) is 13.0 Å². The second kappa shape index (κ2) is 7.77. The van der Waals surface area contributed by atoms with Crippen LogP contribution in [0.3, 0.4) is 0 Å². The summed E-state index contributed by atoms with van der Waals surface area (Å²) in [7, 11) is -3.50. The molecule has 0 aromatic carbocycles. The largest absolute Gasteiger partial charge is 0.475 e. The van der Waals surface area contributed by atoms with Crippen molar-refractivity contribution in [2.24, 2.45) is 0 Å². The second-order valence-corrected chi connectivity index (χ2v) is 8.22. The maximum Gasteiger partial charge on any atom is 0.250 e. The number of thiophene rings is 1. The zero-order valence-electron chi connectivity index (χ0n) is 13.5. The van der Waals surface area contributed by atoms with E-state index in [-0.39, 0.29) is 13.2 Å². The number of nitrogens with zero attached hydrogens (tertiary/aromatic N) is 2. The van der Waals surface area contributed by atoms with Crippen LogP contribution in [-0.4, -0.2) is 31.8 Å². The lowest BCUT2D eigenvalue weighted by molar-refractivity contribution is 0.307. The minimum atomic E-state index is -3.50. The number of nitrogens with one attached hydrogen (secondary N) is 1. The van der Waals surface area contributed by atoms with E-state index in [9.17, 15) is 8.42 Å². The maximum atomic E-state index is 12.2. The second-order valence-electron chi connectivity index (χ2n) is 5.05. The number of hydrogen-bond acceptors (Lipinski definition) is 7. The molecule has 1 N–H and O–H groups in total. The highest BCUT2D eigenvalue weighted by molar-refractivity contribution is 7.91. The molecule has 3 aromatic heterocycles. The van der Waals surface area contributed by atoms with Gasteiger partial charge in [0.05, 0.1) is 6.26 Å². The lowest BCUT2D eigenvalue weighted by Gasteiger charge is -2.06. The fourth-order valence-electron chi connectivity index (χ4n) is 2.05. The van der Waals surface area contributed by atoms with Crippen LogP contribution in [0, 0.1) is 0 Å². The first-order valence-electron chi connectivity index (χ1n) is 7.67. The summed E-state index contributed by atoms with van der Waals surface area (Å²) in [6, 6.07) is 10.4. The van der Waals surface area contributed by atoms with E-state index in [0.717, 1.165) is 11.3 Å². The van der Waals surface area contributed by atoms with E-state index in [4.69, 9.17) is 9.15 Å². The van der Waals surface area contributed by atoms with Gasteiger partial charge in [-0.3, -0.25) is 0 Å². The molecule has 9 heteroatoms. The van der Waals surface area contributed by atoms with Crippen LogP contribution in [0.2, 0.25) is 0 Å². The van der Waals surface area contributed by atoms with Gasteiger partial charge in [-0.1, -0.05) is 6.92 Å². The summed E-state index contributed by atoms with van der Waals surface area (Å²) in [6.45, 7) is 2.28. The summed E-state index contributed by atoms with van der Waals surface area (Å²) in [6.07, 6.45) is 2.38. The first-order valence-corrected chi connectivity index (χ1v) is 9.97. The Morgan fingerprint density at radius 1 is 1.20 bits per heavy atom. The lowest BCUT2D eigenvalue weighted by Crippen LogP contribution is -2.27. The van der Waals surface area contributed by atoms with E-state index in [2.05, 4.69) is 14.9 Å². The summed E-state index contributed by atoms with van der Waals surface area (Å²) in [4.78, 5) is 1.03. The number of sulfonamides is 1. The van der Waals surface area contributed by atoms with Crippen molar-refractivity contribution >= 4 is 21.4 Å². The normalized spacial score (nSPS) is 11.6. The molecule has 0 saturated carbocycles. The van der Waals surface area contributed by atoms with E-state index in [1.165, 1.54) is 11.3 Å². The van der Waals surface area contributed by atoms with Crippen LogP contribution in [0.15, 0.2) is 51.3 Å². The summed E-state index contributed by atoms with van der Waals surface area (Å²) in [5.41, 5.74) is 0.600. The molecule has 0 fully saturated rings. The highest BCUT2D eigenvalue weighted by Crippen LogP contribution is 2.21. The topological polar surface area (TPSA) is 94.3 Å². The molecule has 0 saturated heterocycles. The first-order chi connectivity index (χ1) is 12.1. The van der Waals surface area contributed by atoms with Crippen molar-refractivity contribution in [2.75, 3.05) is 13.2 Å². The summed E-state index contributed by atoms with van der Waals surface area (Å²) in [5, 5.41) is 7.94. The molecule has 132 valence electrons. The predicted octanol–water partition coefficient (Wildman–Crippen LogP) is 2.72. The van der Waals surface area contributed by atoms with Crippen molar-refractivity contribution in [3.05, 3.63) is 47.5 Å². The Balaban J connectivity index is 1.49. The van der Waals surface area contributed by atoms with Gasteiger partial charge >= 0.3 is 0 Å². The highest BCUT2D eigenvalue weighted by atomic mass is 32.2. The SMILES string of the molecule is CCc1ccc(S(=O)(=O)NCCOc2ccc(-c3ccco3)nn2)s1. The fourth-order valence-corrected chi connectivity index (χ4v) is 4.40. The Bertz CT molecular complexity index is 903. The Hall–Kier alpha value is -2.23. The number of rotatable bonds is 8. The van der Waals surface area contributed by atoms with Crippen molar-refractivity contribution in [2.45, 2.75) is 17.6 Å². The lowest BCUT2D eigenvalue weighted by atomic mass is 10.3. The zero-order chi connectivity index (χ0) is 17.7. The molecule has 0 aliphatic rings. The maximum absolute atomic E-state index is 12.2. The predicted molar refractivity (Wildman–Crippen MR) is 94.1 cm³/mol. The summed E-state index contributed by atoms with van der Waals surface area (Å²) in [5.74, 6) is 0.938. The third kappa shape index (κ3) is 4.44. The van der Waals surface area contributed by atoms with Gasteiger partial charge in [-0.25, -0.2) is 13.1 Å². The number of hydrogen-bond donors (Lipinski definition) is 1. The third-order valence-corrected chi connectivity index (χ3v) is 6.49. The van der Waals surface area contributed by atoms with Gasteiger partial charge in [-0.15, -0.1) is 21.5 Å². The van der Waals surface area contributed by atoms with Gasteiger partial charge in [0.2, 0.25) is 15.9 Å². The minimum absolute atomic E-state index is 0.142. The average Bonchev–Trinajstić information content (AvgIpc) is 3.31. The molecule has 25 heavy (non-hydrogen) atoms. The van der Waals surface area contributed by atoms with Gasteiger partial charge in [0, 0.05) is 17.5 Å². The van der Waals surface area contributed by atoms with E-state index in [0.29, 0.717) is 21.5 Å². The van der Waals surface area contributed by atoms with Gasteiger partial charge in [-0.05, 0) is 36.8 Å². The molecule has 0 radical (unpaired) electrons. The number of ether oxygens (including phenoxy) is 1. The van der Waals surface area contributed by atoms with Crippen LogP contribution in [0.1, 0.15) is 11.8 Å². The minimum Gasteiger partial charge on any atom is -0.475 e. The van der Waals surface area contributed by atoms with Crippen molar-refractivity contribution < 1.29 is 17.6 Å². The molecular weight excluding hydrogens is 362 g/mol. The Morgan fingerprint density at radius 2 is 2.08 bits per heavy atom. The average molecular weight is 379 g/mol. The molecule has 0 atom stereocenters.